The van der Waals surface area contributed by atoms with E-state index in [1.54, 1.807) is 35.3 Å². The lowest BCUT2D eigenvalue weighted by atomic mass is 10.0. The van der Waals surface area contributed by atoms with E-state index in [-0.39, 0.29) is 11.7 Å². The Hall–Kier alpha value is -3.44. The van der Waals surface area contributed by atoms with Crippen molar-refractivity contribution in [2.24, 2.45) is 0 Å². The molecule has 0 aliphatic carbocycles. The predicted molar refractivity (Wildman–Crippen MR) is 113 cm³/mol. The molecule has 0 saturated carbocycles. The molecule has 0 fully saturated rings. The molecule has 4 aromatic rings. The maximum absolute atomic E-state index is 13.2. The minimum Gasteiger partial charge on any atom is -0.319 e. The molecule has 0 unspecified atom stereocenters. The van der Waals surface area contributed by atoms with E-state index in [1.807, 2.05) is 42.5 Å². The van der Waals surface area contributed by atoms with E-state index >= 15 is 0 Å². The van der Waals surface area contributed by atoms with Gasteiger partial charge in [-0.05, 0) is 41.0 Å². The molecule has 144 valence electrons. The minimum atomic E-state index is -0.384. The Balaban J connectivity index is 1.42. The van der Waals surface area contributed by atoms with E-state index in [4.69, 9.17) is 11.6 Å². The molecular formula is C23H17ClFN3O. The van der Waals surface area contributed by atoms with E-state index in [1.165, 1.54) is 12.1 Å². The Kier molecular flexibility index (Phi) is 5.40. The topological polar surface area (TPSA) is 46.9 Å². The van der Waals surface area contributed by atoms with Crippen LogP contribution in [0.5, 0.6) is 0 Å². The number of halogens is 2. The summed E-state index contributed by atoms with van der Waals surface area (Å²) in [6.07, 6.45) is 3.27. The first-order chi connectivity index (χ1) is 14.1. The summed E-state index contributed by atoms with van der Waals surface area (Å²) >= 11 is 6.06. The van der Waals surface area contributed by atoms with Gasteiger partial charge < -0.3 is 5.32 Å². The number of carbonyl (C=O) groups excluding carboxylic acids is 1. The van der Waals surface area contributed by atoms with Crippen LogP contribution in [0.4, 0.5) is 10.1 Å². The van der Waals surface area contributed by atoms with Crippen LogP contribution in [0.2, 0.25) is 5.02 Å². The van der Waals surface area contributed by atoms with Crippen molar-refractivity contribution >= 4 is 23.2 Å². The van der Waals surface area contributed by atoms with Crippen LogP contribution in [0.3, 0.4) is 0 Å². The van der Waals surface area contributed by atoms with Gasteiger partial charge >= 0.3 is 0 Å². The zero-order valence-electron chi connectivity index (χ0n) is 15.3. The lowest BCUT2D eigenvalue weighted by Gasteiger charge is -2.06. The fraction of sp³-hybridized carbons (Fsp3) is 0.0435. The summed E-state index contributed by atoms with van der Waals surface area (Å²) in [5.74, 6) is -0.602. The number of anilines is 1. The highest BCUT2D eigenvalue weighted by atomic mass is 35.5. The molecule has 0 atom stereocenters. The summed E-state index contributed by atoms with van der Waals surface area (Å²) in [6.45, 7) is 0.376. The number of amides is 1. The molecule has 1 heterocycles. The van der Waals surface area contributed by atoms with Crippen molar-refractivity contribution in [3.63, 3.8) is 0 Å². The summed E-state index contributed by atoms with van der Waals surface area (Å²) in [5.41, 5.74) is 4.01. The molecule has 6 heteroatoms. The third-order valence-electron chi connectivity index (χ3n) is 4.49. The molecule has 3 aromatic carbocycles. The van der Waals surface area contributed by atoms with Crippen LogP contribution in [0.1, 0.15) is 15.9 Å². The summed E-state index contributed by atoms with van der Waals surface area (Å²) in [5, 5.41) is 7.39. The predicted octanol–water partition coefficient (Wildman–Crippen LogP) is 5.64. The van der Waals surface area contributed by atoms with Crippen molar-refractivity contribution < 1.29 is 9.18 Å². The van der Waals surface area contributed by atoms with Crippen LogP contribution in [0.25, 0.3) is 11.1 Å². The van der Waals surface area contributed by atoms with Gasteiger partial charge in [-0.1, -0.05) is 60.1 Å². The molecule has 1 amide bonds. The second-order valence-corrected chi connectivity index (χ2v) is 6.97. The van der Waals surface area contributed by atoms with Gasteiger partial charge in [0.25, 0.3) is 5.91 Å². The number of hydrogen-bond acceptors (Lipinski definition) is 2. The first kappa shape index (κ1) is 18.9. The first-order valence-electron chi connectivity index (χ1n) is 9.02. The van der Waals surface area contributed by atoms with Gasteiger partial charge in [0.15, 0.2) is 0 Å². The van der Waals surface area contributed by atoms with Gasteiger partial charge in [-0.3, -0.25) is 9.48 Å². The van der Waals surface area contributed by atoms with Crippen LogP contribution >= 0.6 is 11.6 Å². The molecule has 0 spiro atoms. The third kappa shape index (κ3) is 4.52. The molecule has 1 aromatic heterocycles. The van der Waals surface area contributed by atoms with Crippen LogP contribution in [-0.4, -0.2) is 15.7 Å². The lowest BCUT2D eigenvalue weighted by molar-refractivity contribution is 0.102. The second kappa shape index (κ2) is 8.29. The average molecular weight is 406 g/mol. The molecule has 0 saturated heterocycles. The van der Waals surface area contributed by atoms with Crippen molar-refractivity contribution in [1.29, 1.82) is 0 Å². The first-order valence-corrected chi connectivity index (χ1v) is 9.39. The van der Waals surface area contributed by atoms with Crippen LogP contribution in [0, 0.1) is 5.82 Å². The monoisotopic (exact) mass is 405 g/mol. The number of carbonyl (C=O) groups is 1. The van der Waals surface area contributed by atoms with Crippen molar-refractivity contribution in [2.75, 3.05) is 5.32 Å². The molecule has 0 aliphatic rings. The Morgan fingerprint density at radius 2 is 1.72 bits per heavy atom. The molecule has 0 aliphatic heterocycles. The smallest absolute Gasteiger partial charge is 0.255 e. The number of nitrogens with one attached hydrogen (secondary N) is 1. The number of rotatable bonds is 5. The number of hydrogen-bond donors (Lipinski definition) is 1. The molecule has 4 rings (SSSR count). The van der Waals surface area contributed by atoms with E-state index in [2.05, 4.69) is 10.4 Å². The highest BCUT2D eigenvalue weighted by Gasteiger charge is 2.09. The van der Waals surface area contributed by atoms with Gasteiger partial charge in [0.1, 0.15) is 5.82 Å². The minimum absolute atomic E-state index is 0.219. The van der Waals surface area contributed by atoms with Crippen molar-refractivity contribution in [1.82, 2.24) is 9.78 Å². The maximum atomic E-state index is 13.2. The lowest BCUT2D eigenvalue weighted by Crippen LogP contribution is -2.11. The van der Waals surface area contributed by atoms with Crippen molar-refractivity contribution in [3.05, 3.63) is 107 Å². The van der Waals surface area contributed by atoms with Gasteiger partial charge in [0.05, 0.1) is 18.4 Å². The molecular weight excluding hydrogens is 389 g/mol. The number of aromatic nitrogens is 2. The quantitative estimate of drug-likeness (QED) is 0.466. The summed E-state index contributed by atoms with van der Waals surface area (Å²) in [7, 11) is 0. The highest BCUT2D eigenvalue weighted by molar-refractivity contribution is 6.31. The Morgan fingerprint density at radius 3 is 2.45 bits per heavy atom. The van der Waals surface area contributed by atoms with Crippen LogP contribution in [-0.2, 0) is 6.54 Å². The maximum Gasteiger partial charge on any atom is 0.255 e. The van der Waals surface area contributed by atoms with Crippen molar-refractivity contribution in [3.8, 4) is 11.1 Å². The van der Waals surface area contributed by atoms with E-state index < -0.39 is 0 Å². The van der Waals surface area contributed by atoms with E-state index in [0.717, 1.165) is 16.7 Å². The van der Waals surface area contributed by atoms with Crippen molar-refractivity contribution in [2.45, 2.75) is 6.54 Å². The number of benzene rings is 3. The standard InChI is InChI=1S/C23H17ClFN3O/c24-22-12-20(25)11-10-19(22)14-28-15-21(13-26-28)27-23(29)18-8-6-17(7-9-18)16-4-2-1-3-5-16/h1-13,15H,14H2,(H,27,29). The Labute approximate surface area is 172 Å². The molecule has 29 heavy (non-hydrogen) atoms. The summed E-state index contributed by atoms with van der Waals surface area (Å²) in [6, 6.07) is 21.6. The zero-order valence-corrected chi connectivity index (χ0v) is 16.1. The van der Waals surface area contributed by atoms with Crippen LogP contribution in [0.15, 0.2) is 85.2 Å². The second-order valence-electron chi connectivity index (χ2n) is 6.56. The van der Waals surface area contributed by atoms with E-state index in [0.29, 0.717) is 22.8 Å². The van der Waals surface area contributed by atoms with Gasteiger partial charge in [-0.25, -0.2) is 4.39 Å². The molecule has 1 N–H and O–H groups in total. The summed E-state index contributed by atoms with van der Waals surface area (Å²) in [4.78, 5) is 12.5. The van der Waals surface area contributed by atoms with Gasteiger partial charge in [-0.2, -0.15) is 5.10 Å². The SMILES string of the molecule is O=C(Nc1cnn(Cc2ccc(F)cc2Cl)c1)c1ccc(-c2ccccc2)cc1. The third-order valence-corrected chi connectivity index (χ3v) is 4.84. The summed E-state index contributed by atoms with van der Waals surface area (Å²) < 4.78 is 14.8. The van der Waals surface area contributed by atoms with Crippen LogP contribution < -0.4 is 5.32 Å². The van der Waals surface area contributed by atoms with Gasteiger partial charge in [-0.15, -0.1) is 0 Å². The zero-order chi connectivity index (χ0) is 20.2. The van der Waals surface area contributed by atoms with Gasteiger partial charge in [0, 0.05) is 16.8 Å². The fourth-order valence-corrected chi connectivity index (χ4v) is 3.21. The largest absolute Gasteiger partial charge is 0.319 e. The Morgan fingerprint density at radius 1 is 1.00 bits per heavy atom. The molecule has 4 nitrogen and oxygen atoms in total. The fourth-order valence-electron chi connectivity index (χ4n) is 2.99. The average Bonchev–Trinajstić information content (AvgIpc) is 3.18. The Bertz CT molecular complexity index is 1140. The normalized spacial score (nSPS) is 10.7. The highest BCUT2D eigenvalue weighted by Crippen LogP contribution is 2.21. The molecule has 0 radical (unpaired) electrons. The number of nitrogens with zero attached hydrogens (tertiary/aromatic N) is 2. The van der Waals surface area contributed by atoms with Gasteiger partial charge in [0.2, 0.25) is 0 Å². The van der Waals surface area contributed by atoms with E-state index in [9.17, 15) is 9.18 Å². The molecule has 0 bridgehead atoms.